The lowest BCUT2D eigenvalue weighted by Gasteiger charge is -2.08. The Morgan fingerprint density at radius 2 is 1.24 bits per heavy atom. The zero-order valence-electron chi connectivity index (χ0n) is 16.1. The van der Waals surface area contributed by atoms with E-state index in [4.69, 9.17) is 16.3 Å². The van der Waals surface area contributed by atoms with E-state index >= 15 is 0 Å². The van der Waals surface area contributed by atoms with E-state index in [1.54, 1.807) is 12.1 Å². The van der Waals surface area contributed by atoms with Crippen LogP contribution in [-0.2, 0) is 0 Å². The fraction of sp³-hybridized carbons (Fsp3) is 0.727. The molecule has 0 heterocycles. The third-order valence-corrected chi connectivity index (χ3v) is 4.91. The molecule has 2 nitrogen and oxygen atoms in total. The third-order valence-electron chi connectivity index (χ3n) is 4.68. The van der Waals surface area contributed by atoms with E-state index in [2.05, 4.69) is 6.92 Å². The van der Waals surface area contributed by atoms with E-state index in [0.29, 0.717) is 17.4 Å². The first-order chi connectivity index (χ1) is 12.2. The highest BCUT2D eigenvalue weighted by atomic mass is 35.5. The number of phenolic OH excluding ortho intramolecular Hbond substituents is 1. The molecule has 0 aliphatic rings. The molecule has 0 aromatic heterocycles. The predicted molar refractivity (Wildman–Crippen MR) is 109 cm³/mol. The van der Waals surface area contributed by atoms with Crippen molar-refractivity contribution in [3.05, 3.63) is 23.2 Å². The van der Waals surface area contributed by atoms with Crippen LogP contribution in [0.4, 0.5) is 0 Å². The Balaban J connectivity index is 1.81. The molecule has 0 aliphatic heterocycles. The van der Waals surface area contributed by atoms with Gasteiger partial charge in [-0.25, -0.2) is 0 Å². The highest BCUT2D eigenvalue weighted by Crippen LogP contribution is 2.28. The summed E-state index contributed by atoms with van der Waals surface area (Å²) in [6.07, 6.45) is 18.9. The van der Waals surface area contributed by atoms with Crippen molar-refractivity contribution in [2.45, 2.75) is 96.8 Å². The summed E-state index contributed by atoms with van der Waals surface area (Å²) in [4.78, 5) is 0. The molecule has 0 saturated heterocycles. The molecule has 3 heteroatoms. The third kappa shape index (κ3) is 12.2. The van der Waals surface area contributed by atoms with Gasteiger partial charge in [0.25, 0.3) is 0 Å². The van der Waals surface area contributed by atoms with Gasteiger partial charge in [0.15, 0.2) is 11.5 Å². The van der Waals surface area contributed by atoms with E-state index in [1.165, 1.54) is 89.5 Å². The monoisotopic (exact) mass is 368 g/mol. The van der Waals surface area contributed by atoms with Crippen molar-refractivity contribution in [1.29, 1.82) is 0 Å². The molecule has 1 N–H and O–H groups in total. The van der Waals surface area contributed by atoms with Crippen LogP contribution >= 0.6 is 11.6 Å². The molecule has 0 amide bonds. The molecule has 0 saturated carbocycles. The maximum Gasteiger partial charge on any atom is 0.161 e. The van der Waals surface area contributed by atoms with Crippen molar-refractivity contribution in [2.24, 2.45) is 0 Å². The highest BCUT2D eigenvalue weighted by molar-refractivity contribution is 6.30. The minimum Gasteiger partial charge on any atom is -0.504 e. The zero-order chi connectivity index (χ0) is 18.2. The summed E-state index contributed by atoms with van der Waals surface area (Å²) in [5.74, 6) is 0.650. The van der Waals surface area contributed by atoms with Crippen LogP contribution in [0.2, 0.25) is 5.02 Å². The van der Waals surface area contributed by atoms with Gasteiger partial charge in [-0.05, 0) is 18.6 Å². The molecular weight excluding hydrogens is 332 g/mol. The van der Waals surface area contributed by atoms with Gasteiger partial charge in [-0.3, -0.25) is 0 Å². The van der Waals surface area contributed by atoms with Gasteiger partial charge >= 0.3 is 0 Å². The Bertz CT molecular complexity index is 434. The maximum absolute atomic E-state index is 9.70. The molecule has 25 heavy (non-hydrogen) atoms. The largest absolute Gasteiger partial charge is 0.504 e. The van der Waals surface area contributed by atoms with Crippen LogP contribution < -0.4 is 4.74 Å². The Morgan fingerprint density at radius 3 is 1.72 bits per heavy atom. The van der Waals surface area contributed by atoms with Gasteiger partial charge in [0.2, 0.25) is 0 Å². The average Bonchev–Trinajstić information content (AvgIpc) is 2.60. The van der Waals surface area contributed by atoms with Gasteiger partial charge in [0, 0.05) is 11.1 Å². The number of hydrogen-bond acceptors (Lipinski definition) is 2. The number of phenols is 1. The Hall–Kier alpha value is -0.890. The second-order valence-corrected chi connectivity index (χ2v) is 7.49. The van der Waals surface area contributed by atoms with Crippen LogP contribution in [0.15, 0.2) is 18.2 Å². The standard InChI is InChI=1S/C22H37ClO2/c1-2-3-4-5-6-7-8-9-10-11-12-13-14-15-18-25-22-17-16-20(23)19-21(22)24/h16-17,19,24H,2-15,18H2,1H3. The lowest BCUT2D eigenvalue weighted by Crippen LogP contribution is -1.97. The van der Waals surface area contributed by atoms with Crippen molar-refractivity contribution in [3.8, 4) is 11.5 Å². The smallest absolute Gasteiger partial charge is 0.161 e. The minimum atomic E-state index is 0.123. The number of aromatic hydroxyl groups is 1. The molecule has 0 radical (unpaired) electrons. The van der Waals surface area contributed by atoms with E-state index in [9.17, 15) is 5.11 Å². The number of halogens is 1. The number of benzene rings is 1. The van der Waals surface area contributed by atoms with E-state index in [-0.39, 0.29) is 5.75 Å². The minimum absolute atomic E-state index is 0.123. The SMILES string of the molecule is CCCCCCCCCCCCCCCCOc1ccc(Cl)cc1O. The fourth-order valence-electron chi connectivity index (χ4n) is 3.09. The molecule has 0 unspecified atom stereocenters. The second-order valence-electron chi connectivity index (χ2n) is 7.06. The summed E-state index contributed by atoms with van der Waals surface area (Å²) in [6, 6.07) is 4.98. The number of unbranched alkanes of at least 4 members (excludes halogenated alkanes) is 13. The van der Waals surface area contributed by atoms with Gasteiger partial charge in [-0.2, -0.15) is 0 Å². The van der Waals surface area contributed by atoms with E-state index < -0.39 is 0 Å². The van der Waals surface area contributed by atoms with E-state index in [1.807, 2.05) is 0 Å². The Labute approximate surface area is 159 Å². The molecule has 1 aromatic rings. The number of ether oxygens (including phenoxy) is 1. The van der Waals surface area contributed by atoms with Gasteiger partial charge in [0.05, 0.1) is 6.61 Å². The summed E-state index contributed by atoms with van der Waals surface area (Å²) in [7, 11) is 0. The lowest BCUT2D eigenvalue weighted by molar-refractivity contribution is 0.288. The number of rotatable bonds is 16. The summed E-state index contributed by atoms with van der Waals surface area (Å²) in [6.45, 7) is 2.94. The van der Waals surface area contributed by atoms with Gasteiger partial charge < -0.3 is 9.84 Å². The van der Waals surface area contributed by atoms with Crippen LogP contribution in [0.25, 0.3) is 0 Å². The molecule has 0 fully saturated rings. The van der Waals surface area contributed by atoms with Gasteiger partial charge in [0.1, 0.15) is 0 Å². The van der Waals surface area contributed by atoms with Crippen LogP contribution in [0, 0.1) is 0 Å². The molecule has 0 bridgehead atoms. The van der Waals surface area contributed by atoms with Gasteiger partial charge in [-0.1, -0.05) is 102 Å². The maximum atomic E-state index is 9.70. The molecule has 1 aromatic carbocycles. The first-order valence-corrected chi connectivity index (χ1v) is 10.7. The molecule has 0 spiro atoms. The summed E-state index contributed by atoms with van der Waals surface area (Å²) >= 11 is 5.80. The molecule has 1 rings (SSSR count). The van der Waals surface area contributed by atoms with Crippen molar-refractivity contribution < 1.29 is 9.84 Å². The molecular formula is C22H37ClO2. The fourth-order valence-corrected chi connectivity index (χ4v) is 3.26. The van der Waals surface area contributed by atoms with Crippen LogP contribution in [0.5, 0.6) is 11.5 Å². The molecule has 144 valence electrons. The average molecular weight is 369 g/mol. The summed E-state index contributed by atoms with van der Waals surface area (Å²) in [5, 5.41) is 10.2. The van der Waals surface area contributed by atoms with Crippen molar-refractivity contribution in [1.82, 2.24) is 0 Å². The zero-order valence-corrected chi connectivity index (χ0v) is 16.8. The van der Waals surface area contributed by atoms with Gasteiger partial charge in [-0.15, -0.1) is 0 Å². The first-order valence-electron chi connectivity index (χ1n) is 10.4. The quantitative estimate of drug-likeness (QED) is 0.300. The molecule has 0 aliphatic carbocycles. The summed E-state index contributed by atoms with van der Waals surface area (Å²) in [5.41, 5.74) is 0. The number of hydrogen-bond donors (Lipinski definition) is 1. The normalized spacial score (nSPS) is 11.0. The van der Waals surface area contributed by atoms with Crippen molar-refractivity contribution >= 4 is 11.6 Å². The Kier molecular flexibility index (Phi) is 13.6. The Morgan fingerprint density at radius 1 is 0.760 bits per heavy atom. The van der Waals surface area contributed by atoms with Crippen molar-refractivity contribution in [2.75, 3.05) is 6.61 Å². The second kappa shape index (κ2) is 15.4. The topological polar surface area (TPSA) is 29.5 Å². The van der Waals surface area contributed by atoms with Crippen LogP contribution in [0.3, 0.4) is 0 Å². The summed E-state index contributed by atoms with van der Waals surface area (Å²) < 4.78 is 5.59. The van der Waals surface area contributed by atoms with E-state index in [0.717, 1.165) is 6.42 Å². The molecule has 0 atom stereocenters. The first kappa shape index (κ1) is 22.2. The van der Waals surface area contributed by atoms with Crippen LogP contribution in [0.1, 0.15) is 96.8 Å². The predicted octanol–water partition coefficient (Wildman–Crippen LogP) is 7.91. The van der Waals surface area contributed by atoms with Crippen LogP contribution in [-0.4, -0.2) is 11.7 Å². The van der Waals surface area contributed by atoms with Crippen molar-refractivity contribution in [3.63, 3.8) is 0 Å². The highest BCUT2D eigenvalue weighted by Gasteiger charge is 2.02. The lowest BCUT2D eigenvalue weighted by atomic mass is 10.0.